The molecule has 5 atom stereocenters. The van der Waals surface area contributed by atoms with Gasteiger partial charge < -0.3 is 31.5 Å². The summed E-state index contributed by atoms with van der Waals surface area (Å²) in [6.45, 7) is 7.80. The highest BCUT2D eigenvalue weighted by atomic mass is 16.3. The van der Waals surface area contributed by atoms with Gasteiger partial charge in [0.1, 0.15) is 12.1 Å². The van der Waals surface area contributed by atoms with Crippen molar-refractivity contribution in [3.8, 4) is 0 Å². The van der Waals surface area contributed by atoms with Gasteiger partial charge in [-0.1, -0.05) is 51.3 Å². The number of hydrogen-bond donors (Lipinski definition) is 6. The Hall–Kier alpha value is -2.72. The number of hydrogen-bond acceptors (Lipinski definition) is 6. The van der Waals surface area contributed by atoms with Gasteiger partial charge in [-0.2, -0.15) is 0 Å². The molecule has 0 aliphatic carbocycles. The van der Waals surface area contributed by atoms with Crippen LogP contribution >= 0.6 is 0 Å². The number of aliphatic hydroxyl groups is 2. The molecule has 1 heterocycles. The molecule has 0 bridgehead atoms. The molecule has 1 aliphatic rings. The lowest BCUT2D eigenvalue weighted by molar-refractivity contribution is -0.134. The Labute approximate surface area is 227 Å². The van der Waals surface area contributed by atoms with Crippen LogP contribution in [0.4, 0.5) is 0 Å². The van der Waals surface area contributed by atoms with Gasteiger partial charge in [0.2, 0.25) is 23.6 Å². The molecule has 10 heteroatoms. The summed E-state index contributed by atoms with van der Waals surface area (Å²) in [7, 11) is 0. The van der Waals surface area contributed by atoms with Gasteiger partial charge in [0.05, 0.1) is 12.2 Å². The van der Waals surface area contributed by atoms with Crippen molar-refractivity contribution in [3.63, 3.8) is 0 Å². The van der Waals surface area contributed by atoms with Crippen LogP contribution in [0.2, 0.25) is 0 Å². The molecular weight excluding hydrogens is 488 g/mol. The molecule has 0 aromatic carbocycles. The predicted molar refractivity (Wildman–Crippen MR) is 147 cm³/mol. The van der Waals surface area contributed by atoms with Gasteiger partial charge in [-0.15, -0.1) is 0 Å². The lowest BCUT2D eigenvalue weighted by atomic mass is 10.0. The Bertz CT molecular complexity index is 811. The van der Waals surface area contributed by atoms with Gasteiger partial charge in [-0.05, 0) is 45.4 Å². The molecule has 0 spiro atoms. The Kier molecular flexibility index (Phi) is 16.2. The van der Waals surface area contributed by atoms with E-state index >= 15 is 0 Å². The first-order valence-electron chi connectivity index (χ1n) is 13.9. The second-order valence-corrected chi connectivity index (χ2v) is 10.6. The summed E-state index contributed by atoms with van der Waals surface area (Å²) in [4.78, 5) is 49.9. The Morgan fingerprint density at radius 3 is 2.53 bits per heavy atom. The summed E-state index contributed by atoms with van der Waals surface area (Å²) in [5.41, 5.74) is 0. The van der Waals surface area contributed by atoms with E-state index in [1.165, 1.54) is 32.3 Å². The van der Waals surface area contributed by atoms with E-state index in [0.717, 1.165) is 18.8 Å². The van der Waals surface area contributed by atoms with Crippen molar-refractivity contribution in [3.05, 3.63) is 24.3 Å². The molecule has 6 N–H and O–H groups in total. The van der Waals surface area contributed by atoms with Gasteiger partial charge in [-0.25, -0.2) is 0 Å². The summed E-state index contributed by atoms with van der Waals surface area (Å²) in [6.07, 6.45) is 10.9. The highest BCUT2D eigenvalue weighted by Gasteiger charge is 2.31. The maximum absolute atomic E-state index is 12.9. The van der Waals surface area contributed by atoms with E-state index in [1.54, 1.807) is 19.1 Å². The monoisotopic (exact) mass is 536 g/mol. The molecule has 10 nitrogen and oxygen atoms in total. The average Bonchev–Trinajstić information content (AvgIpc) is 2.83. The number of rotatable bonds is 12. The van der Waals surface area contributed by atoms with Crippen LogP contribution in [0, 0.1) is 5.92 Å². The minimum absolute atomic E-state index is 0.0805. The molecule has 4 amide bonds. The number of carbonyl (C=O) groups excluding carboxylic acids is 4. The third-order valence-electron chi connectivity index (χ3n) is 6.34. The van der Waals surface area contributed by atoms with Crippen LogP contribution in [0.5, 0.6) is 0 Å². The van der Waals surface area contributed by atoms with E-state index in [9.17, 15) is 29.4 Å². The third-order valence-corrected chi connectivity index (χ3v) is 6.34. The zero-order chi connectivity index (χ0) is 28.5. The van der Waals surface area contributed by atoms with Gasteiger partial charge in [0.15, 0.2) is 0 Å². The molecule has 216 valence electrons. The molecular formula is C28H48N4O6. The van der Waals surface area contributed by atoms with Crippen LogP contribution < -0.4 is 21.3 Å². The first kappa shape index (κ1) is 33.3. The SMILES string of the molecule is CC(C)CCCCC/C=C/C=C/C(=O)N[C@H](C(=O)N[C@H]1C[C@@H](O)CCNC(=O)CC[C@H](C)NC1=O)[C@@H](C)O. The van der Waals surface area contributed by atoms with Crippen molar-refractivity contribution >= 4 is 23.6 Å². The fourth-order valence-corrected chi connectivity index (χ4v) is 4.03. The quantitative estimate of drug-likeness (QED) is 0.126. The van der Waals surface area contributed by atoms with Crippen LogP contribution in [0.1, 0.15) is 85.5 Å². The van der Waals surface area contributed by atoms with Crippen LogP contribution in [-0.2, 0) is 19.2 Å². The number of carbonyl (C=O) groups is 4. The van der Waals surface area contributed by atoms with E-state index in [0.29, 0.717) is 6.42 Å². The summed E-state index contributed by atoms with van der Waals surface area (Å²) in [5, 5.41) is 31.0. The second-order valence-electron chi connectivity index (χ2n) is 10.6. The highest BCUT2D eigenvalue weighted by molar-refractivity contribution is 5.95. The van der Waals surface area contributed by atoms with E-state index in [2.05, 4.69) is 35.1 Å². The summed E-state index contributed by atoms with van der Waals surface area (Å²) < 4.78 is 0. The molecule has 0 aromatic heterocycles. The van der Waals surface area contributed by atoms with E-state index in [-0.39, 0.29) is 37.8 Å². The van der Waals surface area contributed by atoms with Crippen LogP contribution in [-0.4, -0.2) is 70.7 Å². The first-order chi connectivity index (χ1) is 18.0. The number of amides is 4. The number of nitrogens with one attached hydrogen (secondary N) is 4. The van der Waals surface area contributed by atoms with E-state index in [4.69, 9.17) is 0 Å². The fraction of sp³-hybridized carbons (Fsp3) is 0.714. The van der Waals surface area contributed by atoms with Crippen molar-refractivity contribution < 1.29 is 29.4 Å². The van der Waals surface area contributed by atoms with Crippen molar-refractivity contribution in [2.75, 3.05) is 6.54 Å². The zero-order valence-corrected chi connectivity index (χ0v) is 23.4. The molecule has 1 fully saturated rings. The molecule has 1 saturated heterocycles. The topological polar surface area (TPSA) is 157 Å². The Balaban J connectivity index is 2.68. The van der Waals surface area contributed by atoms with Gasteiger partial charge in [0.25, 0.3) is 0 Å². The number of aliphatic hydroxyl groups excluding tert-OH is 2. The van der Waals surface area contributed by atoms with Crippen molar-refractivity contribution in [2.45, 2.75) is 116 Å². The molecule has 0 unspecified atom stereocenters. The Morgan fingerprint density at radius 2 is 1.84 bits per heavy atom. The standard InChI is InChI=1S/C28H48N4O6/c1-19(2)12-10-8-6-5-7-9-11-13-25(36)32-26(21(4)33)28(38)31-23-18-22(34)16-17-29-24(35)15-14-20(3)30-27(23)37/h7,9,11,13,19-23,26,33-34H,5-6,8,10,12,14-18H2,1-4H3,(H,29,35)(H,30,37)(H,31,38)(H,32,36)/b9-7+,13-11+/t20-,21+,22-,23-,26-/m0/s1. The molecule has 0 aromatic rings. The average molecular weight is 537 g/mol. The lowest BCUT2D eigenvalue weighted by Gasteiger charge is -2.27. The fourth-order valence-electron chi connectivity index (χ4n) is 4.03. The second kappa shape index (κ2) is 18.5. The van der Waals surface area contributed by atoms with E-state index in [1.807, 2.05) is 6.08 Å². The van der Waals surface area contributed by atoms with Crippen molar-refractivity contribution in [1.29, 1.82) is 0 Å². The smallest absolute Gasteiger partial charge is 0.245 e. The lowest BCUT2D eigenvalue weighted by Crippen LogP contribution is -2.58. The molecule has 0 saturated carbocycles. The summed E-state index contributed by atoms with van der Waals surface area (Å²) >= 11 is 0. The predicted octanol–water partition coefficient (Wildman–Crippen LogP) is 1.61. The highest BCUT2D eigenvalue weighted by Crippen LogP contribution is 2.10. The first-order valence-corrected chi connectivity index (χ1v) is 13.9. The third kappa shape index (κ3) is 14.9. The molecule has 38 heavy (non-hydrogen) atoms. The van der Waals surface area contributed by atoms with Gasteiger partial charge in [-0.3, -0.25) is 19.2 Å². The van der Waals surface area contributed by atoms with Crippen LogP contribution in [0.15, 0.2) is 24.3 Å². The van der Waals surface area contributed by atoms with Crippen molar-refractivity contribution in [2.24, 2.45) is 5.92 Å². The van der Waals surface area contributed by atoms with Gasteiger partial charge >= 0.3 is 0 Å². The maximum atomic E-state index is 12.9. The molecule has 1 rings (SSSR count). The van der Waals surface area contributed by atoms with E-state index < -0.39 is 42.0 Å². The minimum atomic E-state index is -1.29. The normalized spacial score (nSPS) is 23.3. The largest absolute Gasteiger partial charge is 0.393 e. The molecule has 0 radical (unpaired) electrons. The number of allylic oxidation sites excluding steroid dienone is 3. The van der Waals surface area contributed by atoms with Crippen LogP contribution in [0.3, 0.4) is 0 Å². The van der Waals surface area contributed by atoms with Crippen LogP contribution in [0.25, 0.3) is 0 Å². The molecule has 1 aliphatic heterocycles. The Morgan fingerprint density at radius 1 is 1.11 bits per heavy atom. The zero-order valence-electron chi connectivity index (χ0n) is 23.4. The maximum Gasteiger partial charge on any atom is 0.245 e. The van der Waals surface area contributed by atoms with Gasteiger partial charge in [0, 0.05) is 31.5 Å². The number of unbranched alkanes of at least 4 members (excludes halogenated alkanes) is 3. The summed E-state index contributed by atoms with van der Waals surface area (Å²) in [6, 6.07) is -2.69. The minimum Gasteiger partial charge on any atom is -0.393 e. The van der Waals surface area contributed by atoms with Crippen molar-refractivity contribution in [1.82, 2.24) is 21.3 Å². The summed E-state index contributed by atoms with van der Waals surface area (Å²) in [5.74, 6) is -1.23.